The van der Waals surface area contributed by atoms with E-state index < -0.39 is 11.5 Å². The molecule has 5 N–H and O–H groups in total. The maximum Gasteiger partial charge on any atom is 0.279 e. The quantitative estimate of drug-likeness (QED) is 0.374. The highest BCUT2D eigenvalue weighted by Gasteiger charge is 2.37. The van der Waals surface area contributed by atoms with Crippen LogP contribution in [-0.2, 0) is 17.9 Å². The molecule has 0 bridgehead atoms. The number of rotatable bonds is 7. The smallest absolute Gasteiger partial charge is 0.279 e. The van der Waals surface area contributed by atoms with Gasteiger partial charge < -0.3 is 16.2 Å². The molecule has 192 valence electrons. The molecule has 0 atom stereocenters. The fourth-order valence-electron chi connectivity index (χ4n) is 4.79. The summed E-state index contributed by atoms with van der Waals surface area (Å²) in [5.74, 6) is -0.475. The first-order valence-electron chi connectivity index (χ1n) is 12.2. The summed E-state index contributed by atoms with van der Waals surface area (Å²) in [4.78, 5) is 21.2. The van der Waals surface area contributed by atoms with Gasteiger partial charge in [-0.2, -0.15) is 8.75 Å². The molecule has 2 aliphatic heterocycles. The number of amides is 1. The van der Waals surface area contributed by atoms with Crippen molar-refractivity contribution in [2.75, 3.05) is 26.7 Å². The lowest BCUT2D eigenvalue weighted by Gasteiger charge is -2.40. The molecule has 5 rings (SSSR count). The molecule has 1 saturated heterocycles. The highest BCUT2D eigenvalue weighted by Crippen LogP contribution is 2.27. The number of carbonyl (C=O) groups excluding carboxylic acids is 1. The van der Waals surface area contributed by atoms with Gasteiger partial charge in [0, 0.05) is 33.2 Å². The molecular formula is C26H30N8O2S. The third-order valence-corrected chi connectivity index (χ3v) is 7.54. The van der Waals surface area contributed by atoms with E-state index in [2.05, 4.69) is 36.1 Å². The van der Waals surface area contributed by atoms with E-state index >= 15 is 0 Å². The lowest BCUT2D eigenvalue weighted by Crippen LogP contribution is -2.53. The third-order valence-electron chi connectivity index (χ3n) is 6.98. The molecule has 0 aliphatic carbocycles. The molecular weight excluding hydrogens is 488 g/mol. The lowest BCUT2D eigenvalue weighted by molar-refractivity contribution is -0.124. The summed E-state index contributed by atoms with van der Waals surface area (Å²) >= 11 is 1.21. The van der Waals surface area contributed by atoms with Gasteiger partial charge in [0.15, 0.2) is 0 Å². The summed E-state index contributed by atoms with van der Waals surface area (Å²) in [5.41, 5.74) is 10.1. The molecule has 37 heavy (non-hydrogen) atoms. The molecule has 1 aromatic heterocycles. The average molecular weight is 519 g/mol. The van der Waals surface area contributed by atoms with Gasteiger partial charge in [0.1, 0.15) is 22.4 Å². The Labute approximate surface area is 219 Å². The molecule has 0 unspecified atom stereocenters. The summed E-state index contributed by atoms with van der Waals surface area (Å²) < 4.78 is 8.56. The van der Waals surface area contributed by atoms with E-state index in [1.807, 2.05) is 30.3 Å². The molecule has 11 heteroatoms. The second-order valence-corrected chi connectivity index (χ2v) is 10.0. The van der Waals surface area contributed by atoms with Gasteiger partial charge in [-0.25, -0.2) is 4.99 Å². The Morgan fingerprint density at radius 1 is 1.14 bits per heavy atom. The Morgan fingerprint density at radius 2 is 1.84 bits per heavy atom. The SMILES string of the molecule is CN/C(=C1/N=CN(CC2(O)CCN(Cc3ccc4nsnc4c3)CC2)C(=O)C1=N)c1ccc(CN)cc1. The number of carbonyl (C=O) groups is 1. The van der Waals surface area contributed by atoms with Crippen LogP contribution in [0.15, 0.2) is 53.2 Å². The molecule has 2 aliphatic rings. The topological polar surface area (TPSA) is 144 Å². The van der Waals surface area contributed by atoms with Gasteiger partial charge >= 0.3 is 0 Å². The Bertz CT molecular complexity index is 1370. The Hall–Kier alpha value is -3.51. The zero-order valence-electron chi connectivity index (χ0n) is 20.6. The van der Waals surface area contributed by atoms with Crippen LogP contribution >= 0.6 is 11.7 Å². The number of benzene rings is 2. The minimum absolute atomic E-state index is 0.107. The van der Waals surface area contributed by atoms with Crippen molar-refractivity contribution >= 4 is 46.4 Å². The molecule has 0 saturated carbocycles. The number of likely N-dealkylation sites (tertiary alicyclic amines) is 1. The van der Waals surface area contributed by atoms with E-state index in [1.165, 1.54) is 23.0 Å². The number of nitrogens with one attached hydrogen (secondary N) is 2. The average Bonchev–Trinajstić information content (AvgIpc) is 3.38. The summed E-state index contributed by atoms with van der Waals surface area (Å²) in [6, 6.07) is 13.7. The number of aliphatic hydroxyl groups is 1. The fourth-order valence-corrected chi connectivity index (χ4v) is 5.30. The Kier molecular flexibility index (Phi) is 7.11. The number of aromatic nitrogens is 2. The van der Waals surface area contributed by atoms with Crippen molar-refractivity contribution in [3.8, 4) is 0 Å². The number of hydrogen-bond donors (Lipinski definition) is 4. The highest BCUT2D eigenvalue weighted by molar-refractivity contribution is 7.00. The van der Waals surface area contributed by atoms with Gasteiger partial charge in [0.05, 0.1) is 35.9 Å². The van der Waals surface area contributed by atoms with Crippen molar-refractivity contribution in [3.63, 3.8) is 0 Å². The van der Waals surface area contributed by atoms with Crippen LogP contribution in [0.4, 0.5) is 0 Å². The molecule has 1 fully saturated rings. The van der Waals surface area contributed by atoms with E-state index in [1.54, 1.807) is 7.05 Å². The molecule has 10 nitrogen and oxygen atoms in total. The van der Waals surface area contributed by atoms with Crippen molar-refractivity contribution in [1.82, 2.24) is 23.9 Å². The van der Waals surface area contributed by atoms with Crippen LogP contribution in [0.5, 0.6) is 0 Å². The highest BCUT2D eigenvalue weighted by atomic mass is 32.1. The predicted octanol–water partition coefficient (Wildman–Crippen LogP) is 1.96. The van der Waals surface area contributed by atoms with Crippen molar-refractivity contribution in [1.29, 1.82) is 5.41 Å². The lowest BCUT2D eigenvalue weighted by atomic mass is 9.90. The minimum atomic E-state index is -1.04. The number of hydrogen-bond acceptors (Lipinski definition) is 10. The molecule has 0 radical (unpaired) electrons. The number of piperidine rings is 1. The molecule has 2 aromatic carbocycles. The van der Waals surface area contributed by atoms with Crippen molar-refractivity contribution in [3.05, 3.63) is 64.9 Å². The van der Waals surface area contributed by atoms with Crippen molar-refractivity contribution < 1.29 is 9.90 Å². The van der Waals surface area contributed by atoms with E-state index in [4.69, 9.17) is 11.1 Å². The van der Waals surface area contributed by atoms with Crippen LogP contribution in [-0.4, -0.2) is 73.9 Å². The zero-order valence-corrected chi connectivity index (χ0v) is 21.5. The second-order valence-electron chi connectivity index (χ2n) is 9.52. The minimum Gasteiger partial charge on any atom is -0.388 e. The number of aliphatic imine (C=N–C) groups is 1. The predicted molar refractivity (Wildman–Crippen MR) is 145 cm³/mol. The molecule has 1 amide bonds. The van der Waals surface area contributed by atoms with Crippen LogP contribution in [0, 0.1) is 5.41 Å². The monoisotopic (exact) mass is 518 g/mol. The Morgan fingerprint density at radius 3 is 2.54 bits per heavy atom. The van der Waals surface area contributed by atoms with Gasteiger partial charge in [-0.1, -0.05) is 30.3 Å². The molecule has 0 spiro atoms. The molecule has 3 aromatic rings. The number of β-amino-alcohol motifs (C(OH)–C–C–N with tert-alkyl or cyclic N) is 1. The number of nitrogens with zero attached hydrogens (tertiary/aromatic N) is 5. The zero-order chi connectivity index (χ0) is 26.0. The second kappa shape index (κ2) is 10.5. The first-order chi connectivity index (χ1) is 17.9. The van der Waals surface area contributed by atoms with Crippen LogP contribution in [0.1, 0.15) is 29.5 Å². The van der Waals surface area contributed by atoms with E-state index in [0.717, 1.165) is 34.3 Å². The van der Waals surface area contributed by atoms with Crippen LogP contribution in [0.2, 0.25) is 0 Å². The van der Waals surface area contributed by atoms with E-state index in [9.17, 15) is 9.90 Å². The van der Waals surface area contributed by atoms with E-state index in [0.29, 0.717) is 38.2 Å². The largest absolute Gasteiger partial charge is 0.388 e. The van der Waals surface area contributed by atoms with Crippen LogP contribution < -0.4 is 11.1 Å². The van der Waals surface area contributed by atoms with Crippen molar-refractivity contribution in [2.45, 2.75) is 31.5 Å². The van der Waals surface area contributed by atoms with Gasteiger partial charge in [0.25, 0.3) is 5.91 Å². The van der Waals surface area contributed by atoms with Gasteiger partial charge in [-0.15, -0.1) is 0 Å². The van der Waals surface area contributed by atoms with Gasteiger partial charge in [-0.3, -0.25) is 20.0 Å². The van der Waals surface area contributed by atoms with E-state index in [-0.39, 0.29) is 18.0 Å². The fraction of sp³-hybridized carbons (Fsp3) is 0.346. The first kappa shape index (κ1) is 25.2. The maximum atomic E-state index is 13.1. The normalized spacial score (nSPS) is 19.5. The van der Waals surface area contributed by atoms with Gasteiger partial charge in [-0.05, 0) is 41.7 Å². The standard InChI is InChI=1S/C26H30N8O2S/c1-29-23(19-5-2-17(13-27)3-6-19)24-22(28)25(35)34(16-30-24)15-26(36)8-10-33(11-9-26)14-18-4-7-20-21(12-18)32-37-31-20/h2-7,12,16,28-29,36H,8-11,13-15,27H2,1H3/b24-23+,28-22?. The Balaban J connectivity index is 1.24. The van der Waals surface area contributed by atoms with Crippen LogP contribution in [0.25, 0.3) is 16.7 Å². The number of fused-ring (bicyclic) bond motifs is 1. The van der Waals surface area contributed by atoms with Gasteiger partial charge in [0.2, 0.25) is 0 Å². The maximum absolute atomic E-state index is 13.1. The summed E-state index contributed by atoms with van der Waals surface area (Å²) in [6.45, 7) is 2.72. The summed E-state index contributed by atoms with van der Waals surface area (Å²) in [5, 5.41) is 22.8. The first-order valence-corrected chi connectivity index (χ1v) is 12.9. The van der Waals surface area contributed by atoms with Crippen molar-refractivity contribution in [2.24, 2.45) is 10.7 Å². The molecule has 3 heterocycles. The van der Waals surface area contributed by atoms with Crippen LogP contribution in [0.3, 0.4) is 0 Å². The summed E-state index contributed by atoms with van der Waals surface area (Å²) in [6.07, 6.45) is 2.48. The number of nitrogens with two attached hydrogens (primary N) is 1. The third kappa shape index (κ3) is 5.30. The summed E-state index contributed by atoms with van der Waals surface area (Å²) in [7, 11) is 1.74.